The van der Waals surface area contributed by atoms with Gasteiger partial charge in [-0.25, -0.2) is 4.98 Å². The van der Waals surface area contributed by atoms with Crippen LogP contribution in [0.3, 0.4) is 0 Å². The summed E-state index contributed by atoms with van der Waals surface area (Å²) >= 11 is 0. The minimum absolute atomic E-state index is 0.0797. The minimum Gasteiger partial charge on any atom is -0.441 e. The molecule has 2 aromatic heterocycles. The number of benzene rings is 1. The molecule has 1 atom stereocenters. The van der Waals surface area contributed by atoms with Gasteiger partial charge in [0.25, 0.3) is 5.91 Å². The number of aromatic amines is 1. The number of aromatic nitrogens is 3. The van der Waals surface area contributed by atoms with Crippen LogP contribution >= 0.6 is 0 Å². The Balaban J connectivity index is 1.51. The van der Waals surface area contributed by atoms with E-state index in [9.17, 15) is 4.79 Å². The largest absolute Gasteiger partial charge is 0.441 e. The lowest BCUT2D eigenvalue weighted by molar-refractivity contribution is 0.0933. The molecule has 112 valence electrons. The first-order chi connectivity index (χ1) is 10.7. The minimum atomic E-state index is -0.0797. The molecule has 6 nitrogen and oxygen atoms in total. The average molecular weight is 296 g/mol. The Morgan fingerprint density at radius 1 is 1.45 bits per heavy atom. The van der Waals surface area contributed by atoms with Gasteiger partial charge < -0.3 is 9.73 Å². The number of carbonyl (C=O) groups excluding carboxylic acids is 1. The zero-order valence-electron chi connectivity index (χ0n) is 12.2. The Kier molecular flexibility index (Phi) is 2.96. The third-order valence-corrected chi connectivity index (χ3v) is 4.11. The number of fused-ring (bicyclic) bond motifs is 2. The highest BCUT2D eigenvalue weighted by atomic mass is 16.3. The van der Waals surface area contributed by atoms with Gasteiger partial charge in [0.05, 0.1) is 6.20 Å². The number of nitrogens with one attached hydrogen (secondary N) is 2. The van der Waals surface area contributed by atoms with E-state index >= 15 is 0 Å². The number of H-pyrrole nitrogens is 1. The number of nitrogens with zero attached hydrogens (tertiary/aromatic N) is 2. The molecule has 1 aromatic carbocycles. The summed E-state index contributed by atoms with van der Waals surface area (Å²) in [4.78, 5) is 16.7. The fraction of sp³-hybridized carbons (Fsp3) is 0.312. The maximum absolute atomic E-state index is 12.4. The molecular weight excluding hydrogens is 280 g/mol. The molecule has 0 fully saturated rings. The van der Waals surface area contributed by atoms with Gasteiger partial charge >= 0.3 is 0 Å². The van der Waals surface area contributed by atoms with Crippen LogP contribution in [-0.4, -0.2) is 27.1 Å². The Hall–Kier alpha value is -2.63. The van der Waals surface area contributed by atoms with E-state index in [-0.39, 0.29) is 11.9 Å². The summed E-state index contributed by atoms with van der Waals surface area (Å²) < 4.78 is 5.48. The maximum atomic E-state index is 12.4. The molecule has 2 N–H and O–H groups in total. The number of amides is 1. The summed E-state index contributed by atoms with van der Waals surface area (Å²) in [5.74, 6) is 0.524. The van der Waals surface area contributed by atoms with Gasteiger partial charge in [0, 0.05) is 30.6 Å². The monoisotopic (exact) mass is 296 g/mol. The first-order valence-corrected chi connectivity index (χ1v) is 7.38. The summed E-state index contributed by atoms with van der Waals surface area (Å²) in [6.45, 7) is 1.80. The molecule has 0 radical (unpaired) electrons. The van der Waals surface area contributed by atoms with Crippen molar-refractivity contribution in [2.45, 2.75) is 32.2 Å². The normalized spacial score (nSPS) is 17.4. The van der Waals surface area contributed by atoms with Gasteiger partial charge in [0.15, 0.2) is 11.5 Å². The smallest absolute Gasteiger partial charge is 0.251 e. The lowest BCUT2D eigenvalue weighted by atomic mass is 9.93. The maximum Gasteiger partial charge on any atom is 0.251 e. The third-order valence-electron chi connectivity index (χ3n) is 4.11. The van der Waals surface area contributed by atoms with Gasteiger partial charge in [-0.05, 0) is 36.6 Å². The van der Waals surface area contributed by atoms with Gasteiger partial charge in [-0.15, -0.1) is 0 Å². The molecule has 1 unspecified atom stereocenters. The van der Waals surface area contributed by atoms with Crippen LogP contribution in [0.5, 0.6) is 0 Å². The molecule has 0 spiro atoms. The second-order valence-corrected chi connectivity index (χ2v) is 5.70. The van der Waals surface area contributed by atoms with Crippen LogP contribution in [0.25, 0.3) is 11.1 Å². The van der Waals surface area contributed by atoms with E-state index in [1.165, 1.54) is 5.56 Å². The van der Waals surface area contributed by atoms with Crippen molar-refractivity contribution in [3.63, 3.8) is 0 Å². The van der Waals surface area contributed by atoms with Crippen LogP contribution in [0.4, 0.5) is 0 Å². The average Bonchev–Trinajstić information content (AvgIpc) is 3.10. The second-order valence-electron chi connectivity index (χ2n) is 5.70. The number of carbonyl (C=O) groups is 1. The van der Waals surface area contributed by atoms with Crippen LogP contribution in [0.2, 0.25) is 0 Å². The number of rotatable bonds is 2. The molecule has 6 heteroatoms. The lowest BCUT2D eigenvalue weighted by Crippen LogP contribution is -2.38. The number of oxazole rings is 1. The Labute approximate surface area is 126 Å². The van der Waals surface area contributed by atoms with E-state index in [1.807, 2.05) is 12.3 Å². The Morgan fingerprint density at radius 2 is 2.36 bits per heavy atom. The van der Waals surface area contributed by atoms with Crippen molar-refractivity contribution in [3.05, 3.63) is 47.1 Å². The molecule has 0 aliphatic heterocycles. The molecule has 4 rings (SSSR count). The molecule has 1 aliphatic rings. The molecule has 22 heavy (non-hydrogen) atoms. The summed E-state index contributed by atoms with van der Waals surface area (Å²) in [5, 5.41) is 10.1. The lowest BCUT2D eigenvalue weighted by Gasteiger charge is -2.22. The van der Waals surface area contributed by atoms with E-state index in [4.69, 9.17) is 4.42 Å². The highest BCUT2D eigenvalue weighted by Crippen LogP contribution is 2.20. The Bertz CT molecular complexity index is 849. The zero-order chi connectivity index (χ0) is 15.1. The fourth-order valence-corrected chi connectivity index (χ4v) is 2.98. The van der Waals surface area contributed by atoms with E-state index < -0.39 is 0 Å². The fourth-order valence-electron chi connectivity index (χ4n) is 2.98. The predicted molar refractivity (Wildman–Crippen MR) is 80.6 cm³/mol. The van der Waals surface area contributed by atoms with Gasteiger partial charge in [0.2, 0.25) is 0 Å². The zero-order valence-corrected chi connectivity index (χ0v) is 12.2. The molecule has 2 heterocycles. The summed E-state index contributed by atoms with van der Waals surface area (Å²) in [6, 6.07) is 5.47. The molecule has 3 aromatic rings. The van der Waals surface area contributed by atoms with Crippen molar-refractivity contribution in [1.82, 2.24) is 20.5 Å². The van der Waals surface area contributed by atoms with Gasteiger partial charge in [-0.2, -0.15) is 5.10 Å². The van der Waals surface area contributed by atoms with Crippen molar-refractivity contribution >= 4 is 17.0 Å². The molecule has 0 saturated heterocycles. The van der Waals surface area contributed by atoms with Gasteiger partial charge in [-0.3, -0.25) is 9.89 Å². The number of hydrogen-bond acceptors (Lipinski definition) is 4. The molecule has 0 saturated carbocycles. The summed E-state index contributed by atoms with van der Waals surface area (Å²) in [5.41, 5.74) is 4.39. The van der Waals surface area contributed by atoms with Crippen molar-refractivity contribution in [1.29, 1.82) is 0 Å². The number of hydrogen-bond donors (Lipinski definition) is 2. The molecule has 0 bridgehead atoms. The van der Waals surface area contributed by atoms with Crippen molar-refractivity contribution in [2.75, 3.05) is 0 Å². The van der Waals surface area contributed by atoms with Gasteiger partial charge in [-0.1, -0.05) is 0 Å². The first kappa shape index (κ1) is 13.1. The first-order valence-electron chi connectivity index (χ1n) is 7.38. The van der Waals surface area contributed by atoms with Crippen LogP contribution in [0, 0.1) is 6.92 Å². The topological polar surface area (TPSA) is 83.8 Å². The Morgan fingerprint density at radius 3 is 3.27 bits per heavy atom. The van der Waals surface area contributed by atoms with Crippen molar-refractivity contribution in [2.24, 2.45) is 0 Å². The summed E-state index contributed by atoms with van der Waals surface area (Å²) in [7, 11) is 0. The predicted octanol–water partition coefficient (Wildman–Crippen LogP) is 2.15. The molecular formula is C16H16N4O2. The van der Waals surface area contributed by atoms with Crippen LogP contribution < -0.4 is 5.32 Å². The molecule has 1 amide bonds. The third kappa shape index (κ3) is 2.26. The highest BCUT2D eigenvalue weighted by molar-refractivity contribution is 5.97. The molecule has 1 aliphatic carbocycles. The second kappa shape index (κ2) is 4.98. The SMILES string of the molecule is Cc1nc2ccc(C(=O)NC3CCc4cn[nH]c4C3)cc2o1. The van der Waals surface area contributed by atoms with Crippen molar-refractivity contribution in [3.8, 4) is 0 Å². The van der Waals surface area contributed by atoms with Crippen molar-refractivity contribution < 1.29 is 9.21 Å². The van der Waals surface area contributed by atoms with E-state index in [0.29, 0.717) is 17.0 Å². The van der Waals surface area contributed by atoms with E-state index in [1.54, 1.807) is 19.1 Å². The van der Waals surface area contributed by atoms with Gasteiger partial charge in [0.1, 0.15) is 5.52 Å². The summed E-state index contributed by atoms with van der Waals surface area (Å²) in [6.07, 6.45) is 4.54. The quantitative estimate of drug-likeness (QED) is 0.759. The van der Waals surface area contributed by atoms with Crippen LogP contribution in [0.1, 0.15) is 33.9 Å². The van der Waals surface area contributed by atoms with E-state index in [0.717, 1.165) is 30.5 Å². The van der Waals surface area contributed by atoms with E-state index in [2.05, 4.69) is 20.5 Å². The van der Waals surface area contributed by atoms with Crippen LogP contribution in [0.15, 0.2) is 28.8 Å². The highest BCUT2D eigenvalue weighted by Gasteiger charge is 2.22. The number of aryl methyl sites for hydroxylation is 2. The standard InChI is InChI=1S/C16H16N4O2/c1-9-18-13-5-3-10(6-15(13)22-9)16(21)19-12-4-2-11-8-17-20-14(11)7-12/h3,5-6,8,12H,2,4,7H2,1H3,(H,17,20)(H,19,21). The van der Waals surface area contributed by atoms with Crippen LogP contribution in [-0.2, 0) is 12.8 Å².